The minimum absolute atomic E-state index is 0.0298. The summed E-state index contributed by atoms with van der Waals surface area (Å²) in [5.74, 6) is 0.562. The summed E-state index contributed by atoms with van der Waals surface area (Å²) in [5.41, 5.74) is 0.780. The smallest absolute Gasteiger partial charge is 0.307 e. The van der Waals surface area contributed by atoms with Crippen molar-refractivity contribution >= 4 is 34.3 Å². The molecule has 112 valence electrons. The first-order valence-corrected chi connectivity index (χ1v) is 7.19. The summed E-state index contributed by atoms with van der Waals surface area (Å²) in [6.07, 6.45) is 1.81. The molecule has 0 saturated carbocycles. The van der Waals surface area contributed by atoms with Crippen molar-refractivity contribution in [2.75, 3.05) is 18.6 Å². The first-order chi connectivity index (χ1) is 10.0. The molecular formula is C15H18ClN3O2. The molecule has 0 fully saturated rings. The Hall–Kier alpha value is -1.88. The standard InChI is InChI=1S/C15H18ClN3O2/c1-4-21-14(20)7-10(2)19(3)15-12-6-5-11(16)8-13(12)17-9-18-15/h5-6,8-10H,4,7H2,1-3H3. The number of halogens is 1. The van der Waals surface area contributed by atoms with E-state index >= 15 is 0 Å². The predicted molar refractivity (Wildman–Crippen MR) is 83.7 cm³/mol. The van der Waals surface area contributed by atoms with E-state index in [0.29, 0.717) is 18.1 Å². The van der Waals surface area contributed by atoms with Gasteiger partial charge in [0.05, 0.1) is 18.5 Å². The summed E-state index contributed by atoms with van der Waals surface area (Å²) in [6.45, 7) is 4.15. The maximum Gasteiger partial charge on any atom is 0.307 e. The van der Waals surface area contributed by atoms with Crippen LogP contribution in [-0.2, 0) is 9.53 Å². The van der Waals surface area contributed by atoms with Crippen LogP contribution in [0.3, 0.4) is 0 Å². The van der Waals surface area contributed by atoms with Crippen LogP contribution in [0.25, 0.3) is 10.9 Å². The van der Waals surface area contributed by atoms with Gasteiger partial charge in [-0.25, -0.2) is 9.97 Å². The summed E-state index contributed by atoms with van der Waals surface area (Å²) in [6, 6.07) is 5.46. The highest BCUT2D eigenvalue weighted by Crippen LogP contribution is 2.26. The molecular weight excluding hydrogens is 290 g/mol. The number of fused-ring (bicyclic) bond motifs is 1. The molecule has 0 saturated heterocycles. The van der Waals surface area contributed by atoms with Crippen molar-refractivity contribution < 1.29 is 9.53 Å². The molecule has 21 heavy (non-hydrogen) atoms. The van der Waals surface area contributed by atoms with E-state index in [1.165, 1.54) is 6.33 Å². The van der Waals surface area contributed by atoms with E-state index < -0.39 is 0 Å². The normalized spacial score (nSPS) is 12.2. The molecule has 6 heteroatoms. The number of ether oxygens (including phenoxy) is 1. The van der Waals surface area contributed by atoms with Crippen LogP contribution in [0.5, 0.6) is 0 Å². The molecule has 1 aromatic heterocycles. The Balaban J connectivity index is 2.26. The molecule has 0 bridgehead atoms. The van der Waals surface area contributed by atoms with Crippen LogP contribution >= 0.6 is 11.6 Å². The number of aromatic nitrogens is 2. The Bertz CT molecular complexity index is 648. The zero-order valence-electron chi connectivity index (χ0n) is 12.3. The van der Waals surface area contributed by atoms with E-state index in [9.17, 15) is 4.79 Å². The Morgan fingerprint density at radius 1 is 1.43 bits per heavy atom. The molecule has 1 unspecified atom stereocenters. The van der Waals surface area contributed by atoms with E-state index in [2.05, 4.69) is 9.97 Å². The third-order valence-electron chi connectivity index (χ3n) is 3.34. The second-order valence-corrected chi connectivity index (χ2v) is 5.26. The Labute approximate surface area is 128 Å². The summed E-state index contributed by atoms with van der Waals surface area (Å²) >= 11 is 5.98. The fourth-order valence-electron chi connectivity index (χ4n) is 2.10. The number of carbonyl (C=O) groups is 1. The van der Waals surface area contributed by atoms with Gasteiger partial charge in [-0.1, -0.05) is 11.6 Å². The average Bonchev–Trinajstić information content (AvgIpc) is 2.45. The van der Waals surface area contributed by atoms with E-state index in [4.69, 9.17) is 16.3 Å². The average molecular weight is 308 g/mol. The van der Waals surface area contributed by atoms with Crippen molar-refractivity contribution in [3.8, 4) is 0 Å². The highest BCUT2D eigenvalue weighted by Gasteiger charge is 2.18. The fourth-order valence-corrected chi connectivity index (χ4v) is 2.27. The first-order valence-electron chi connectivity index (χ1n) is 6.81. The zero-order valence-corrected chi connectivity index (χ0v) is 13.1. The first kappa shape index (κ1) is 15.5. The quantitative estimate of drug-likeness (QED) is 0.795. The number of rotatable bonds is 5. The van der Waals surface area contributed by atoms with Crippen molar-refractivity contribution in [1.82, 2.24) is 9.97 Å². The molecule has 0 radical (unpaired) electrons. The molecule has 2 aromatic rings. The lowest BCUT2D eigenvalue weighted by Crippen LogP contribution is -2.32. The van der Waals surface area contributed by atoms with E-state index in [-0.39, 0.29) is 12.0 Å². The fraction of sp³-hybridized carbons (Fsp3) is 0.400. The van der Waals surface area contributed by atoms with E-state index in [1.807, 2.05) is 24.9 Å². The van der Waals surface area contributed by atoms with E-state index in [1.54, 1.807) is 19.1 Å². The molecule has 0 amide bonds. The summed E-state index contributed by atoms with van der Waals surface area (Å²) in [7, 11) is 1.90. The number of esters is 1. The zero-order chi connectivity index (χ0) is 15.4. The molecule has 0 aliphatic carbocycles. The molecule has 0 aliphatic heterocycles. The van der Waals surface area contributed by atoms with Crippen LogP contribution < -0.4 is 4.90 Å². The number of nitrogens with zero attached hydrogens (tertiary/aromatic N) is 3. The van der Waals surface area contributed by atoms with Gasteiger partial charge in [0.25, 0.3) is 0 Å². The number of anilines is 1. The predicted octanol–water partition coefficient (Wildman–Crippen LogP) is 3.06. The van der Waals surface area contributed by atoms with Crippen molar-refractivity contribution in [3.05, 3.63) is 29.5 Å². The Morgan fingerprint density at radius 3 is 2.90 bits per heavy atom. The van der Waals surface area contributed by atoms with E-state index in [0.717, 1.165) is 16.7 Å². The van der Waals surface area contributed by atoms with Gasteiger partial charge in [-0.2, -0.15) is 0 Å². The van der Waals surface area contributed by atoms with Crippen LogP contribution in [0.1, 0.15) is 20.3 Å². The lowest BCUT2D eigenvalue weighted by molar-refractivity contribution is -0.143. The third-order valence-corrected chi connectivity index (χ3v) is 3.58. The summed E-state index contributed by atoms with van der Waals surface area (Å²) in [5, 5.41) is 1.54. The van der Waals surface area contributed by atoms with Gasteiger partial charge >= 0.3 is 5.97 Å². The topological polar surface area (TPSA) is 55.3 Å². The van der Waals surface area contributed by atoms with Crippen LogP contribution in [-0.4, -0.2) is 35.6 Å². The molecule has 0 aliphatic rings. The SMILES string of the molecule is CCOC(=O)CC(C)N(C)c1ncnc2cc(Cl)ccc12. The minimum atomic E-state index is -0.210. The van der Waals surface area contributed by atoms with Crippen LogP contribution in [0.4, 0.5) is 5.82 Å². The van der Waals surface area contributed by atoms with Crippen LogP contribution in [0.2, 0.25) is 5.02 Å². The second-order valence-electron chi connectivity index (χ2n) is 4.83. The minimum Gasteiger partial charge on any atom is -0.466 e. The van der Waals surface area contributed by atoms with Gasteiger partial charge in [0.1, 0.15) is 12.1 Å². The van der Waals surface area contributed by atoms with Gasteiger partial charge in [0, 0.05) is 23.5 Å². The van der Waals surface area contributed by atoms with Gasteiger partial charge in [0.15, 0.2) is 0 Å². The van der Waals surface area contributed by atoms with Crippen LogP contribution in [0.15, 0.2) is 24.5 Å². The van der Waals surface area contributed by atoms with Gasteiger partial charge in [-0.15, -0.1) is 0 Å². The van der Waals surface area contributed by atoms with Crippen molar-refractivity contribution in [1.29, 1.82) is 0 Å². The number of hydrogen-bond acceptors (Lipinski definition) is 5. The van der Waals surface area contributed by atoms with Gasteiger partial charge < -0.3 is 9.64 Å². The molecule has 1 heterocycles. The van der Waals surface area contributed by atoms with Gasteiger partial charge in [-0.05, 0) is 32.0 Å². The maximum atomic E-state index is 11.6. The second kappa shape index (κ2) is 6.72. The maximum absolute atomic E-state index is 11.6. The Kier molecular flexibility index (Phi) is 4.96. The molecule has 1 atom stereocenters. The number of benzene rings is 1. The monoisotopic (exact) mass is 307 g/mol. The molecule has 0 N–H and O–H groups in total. The Morgan fingerprint density at radius 2 is 2.19 bits per heavy atom. The van der Waals surface area contributed by atoms with Crippen molar-refractivity contribution in [2.24, 2.45) is 0 Å². The summed E-state index contributed by atoms with van der Waals surface area (Å²) in [4.78, 5) is 22.1. The molecule has 5 nitrogen and oxygen atoms in total. The third kappa shape index (κ3) is 3.61. The van der Waals surface area contributed by atoms with Crippen LogP contribution in [0, 0.1) is 0 Å². The lowest BCUT2D eigenvalue weighted by atomic mass is 10.1. The number of hydrogen-bond donors (Lipinski definition) is 0. The highest BCUT2D eigenvalue weighted by atomic mass is 35.5. The number of carbonyl (C=O) groups excluding carboxylic acids is 1. The molecule has 0 spiro atoms. The highest BCUT2D eigenvalue weighted by molar-refractivity contribution is 6.31. The molecule has 1 aromatic carbocycles. The lowest BCUT2D eigenvalue weighted by Gasteiger charge is -2.26. The largest absolute Gasteiger partial charge is 0.466 e. The summed E-state index contributed by atoms with van der Waals surface area (Å²) < 4.78 is 4.99. The van der Waals surface area contributed by atoms with Crippen molar-refractivity contribution in [3.63, 3.8) is 0 Å². The van der Waals surface area contributed by atoms with Crippen molar-refractivity contribution in [2.45, 2.75) is 26.3 Å². The molecule has 2 rings (SSSR count). The van der Waals surface area contributed by atoms with Gasteiger partial charge in [-0.3, -0.25) is 4.79 Å². The van der Waals surface area contributed by atoms with Gasteiger partial charge in [0.2, 0.25) is 0 Å².